The lowest BCUT2D eigenvalue weighted by molar-refractivity contribution is 0.482. The number of nitrogens with one attached hydrogen (secondary N) is 2. The van der Waals surface area contributed by atoms with Crippen LogP contribution in [-0.2, 0) is 12.8 Å². The van der Waals surface area contributed by atoms with Gasteiger partial charge < -0.3 is 5.32 Å². The summed E-state index contributed by atoms with van der Waals surface area (Å²) in [5, 5.41) is 11.7. The van der Waals surface area contributed by atoms with Crippen molar-refractivity contribution < 1.29 is 0 Å². The van der Waals surface area contributed by atoms with Gasteiger partial charge in [0.1, 0.15) is 0 Å². The lowest BCUT2D eigenvalue weighted by atomic mass is 9.89. The van der Waals surface area contributed by atoms with E-state index in [-0.39, 0.29) is 0 Å². The first-order valence-corrected chi connectivity index (χ1v) is 9.79. The fourth-order valence-corrected chi connectivity index (χ4v) is 4.41. The molecule has 1 fully saturated rings. The summed E-state index contributed by atoms with van der Waals surface area (Å²) in [7, 11) is 0. The third-order valence-electron chi connectivity index (χ3n) is 5.85. The zero-order chi connectivity index (χ0) is 17.3. The maximum Gasteiger partial charge on any atom is 0.222 e. The van der Waals surface area contributed by atoms with Gasteiger partial charge in [0.05, 0.1) is 11.9 Å². The highest BCUT2D eigenvalue weighted by Gasteiger charge is 2.22. The van der Waals surface area contributed by atoms with E-state index in [4.69, 9.17) is 4.98 Å². The second-order valence-corrected chi connectivity index (χ2v) is 7.58. The summed E-state index contributed by atoms with van der Waals surface area (Å²) in [6.07, 6.45) is 15.9. The summed E-state index contributed by atoms with van der Waals surface area (Å²) < 4.78 is 0. The lowest BCUT2D eigenvalue weighted by Crippen LogP contribution is -2.17. The van der Waals surface area contributed by atoms with Gasteiger partial charge in [0.2, 0.25) is 5.95 Å². The fraction of sp³-hybridized carbons (Fsp3) is 0.500. The van der Waals surface area contributed by atoms with E-state index in [1.165, 1.54) is 49.7 Å². The summed E-state index contributed by atoms with van der Waals surface area (Å²) in [4.78, 5) is 13.9. The van der Waals surface area contributed by atoms with E-state index in [1.807, 2.05) is 18.6 Å². The molecule has 2 aliphatic carbocycles. The first kappa shape index (κ1) is 15.7. The highest BCUT2D eigenvalue weighted by atomic mass is 15.1. The Morgan fingerprint density at radius 3 is 2.77 bits per heavy atom. The van der Waals surface area contributed by atoms with Gasteiger partial charge >= 0.3 is 0 Å². The van der Waals surface area contributed by atoms with E-state index in [0.717, 1.165) is 53.5 Å². The largest absolute Gasteiger partial charge is 0.354 e. The molecule has 3 aromatic heterocycles. The number of aromatic amines is 1. The minimum atomic E-state index is 0.759. The van der Waals surface area contributed by atoms with Crippen LogP contribution in [0, 0.1) is 5.92 Å². The highest BCUT2D eigenvalue weighted by Crippen LogP contribution is 2.36. The van der Waals surface area contributed by atoms with Crippen molar-refractivity contribution in [3.05, 3.63) is 29.8 Å². The molecule has 0 saturated heterocycles. The number of aryl methyl sites for hydroxylation is 2. The zero-order valence-electron chi connectivity index (χ0n) is 15.0. The van der Waals surface area contributed by atoms with Crippen LogP contribution >= 0.6 is 0 Å². The van der Waals surface area contributed by atoms with Gasteiger partial charge in [-0.2, -0.15) is 5.10 Å². The van der Waals surface area contributed by atoms with Gasteiger partial charge in [0.25, 0.3) is 0 Å². The molecular formula is C20H24N6. The molecule has 0 bridgehead atoms. The van der Waals surface area contributed by atoms with Gasteiger partial charge in [0.15, 0.2) is 5.65 Å². The maximum atomic E-state index is 4.84. The monoisotopic (exact) mass is 348 g/mol. The van der Waals surface area contributed by atoms with Gasteiger partial charge in [-0.1, -0.05) is 25.7 Å². The Bertz CT molecular complexity index is 923. The SMILES string of the molecule is c1nc2[nH]ncc2c2c1CCc1nc(NCC3CCCCCC3)ncc1-2. The molecule has 2 N–H and O–H groups in total. The van der Waals surface area contributed by atoms with Gasteiger partial charge in [0, 0.05) is 35.5 Å². The molecule has 0 amide bonds. The molecule has 0 unspecified atom stereocenters. The van der Waals surface area contributed by atoms with Crippen LogP contribution in [0.15, 0.2) is 18.6 Å². The van der Waals surface area contributed by atoms with Crippen LogP contribution in [0.1, 0.15) is 49.8 Å². The third kappa shape index (κ3) is 2.83. The van der Waals surface area contributed by atoms with Gasteiger partial charge in [-0.25, -0.2) is 15.0 Å². The topological polar surface area (TPSA) is 79.4 Å². The second kappa shape index (κ2) is 6.67. The first-order valence-electron chi connectivity index (χ1n) is 9.79. The smallest absolute Gasteiger partial charge is 0.222 e. The molecule has 0 spiro atoms. The van der Waals surface area contributed by atoms with E-state index in [0.29, 0.717) is 0 Å². The number of aromatic nitrogens is 5. The standard InChI is InChI=1S/C20H24N6/c1-2-4-6-13(5-3-1)9-22-20-23-11-15-17(25-20)8-7-14-10-21-19-16(18(14)15)12-24-26-19/h10-13H,1-9H2,(H,21,24,26)(H,22,23,25). The Morgan fingerprint density at radius 1 is 1.00 bits per heavy atom. The second-order valence-electron chi connectivity index (χ2n) is 7.58. The van der Waals surface area contributed by atoms with Crippen molar-refractivity contribution in [2.24, 2.45) is 5.92 Å². The summed E-state index contributed by atoms with van der Waals surface area (Å²) in [5.41, 5.74) is 5.53. The number of rotatable bonds is 3. The van der Waals surface area contributed by atoms with Gasteiger partial charge in [-0.3, -0.25) is 5.10 Å². The number of hydrogen-bond donors (Lipinski definition) is 2. The number of pyridine rings is 1. The Morgan fingerprint density at radius 2 is 1.88 bits per heavy atom. The Labute approximate surface area is 152 Å². The number of fused-ring (bicyclic) bond motifs is 5. The molecule has 3 aromatic rings. The van der Waals surface area contributed by atoms with E-state index < -0.39 is 0 Å². The van der Waals surface area contributed by atoms with Gasteiger partial charge in [-0.15, -0.1) is 0 Å². The van der Waals surface area contributed by atoms with Crippen LogP contribution in [0.25, 0.3) is 22.2 Å². The van der Waals surface area contributed by atoms with Crippen LogP contribution in [-0.4, -0.2) is 31.7 Å². The summed E-state index contributed by atoms with van der Waals surface area (Å²) >= 11 is 0. The van der Waals surface area contributed by atoms with Crippen molar-refractivity contribution in [2.75, 3.05) is 11.9 Å². The predicted molar refractivity (Wildman–Crippen MR) is 102 cm³/mol. The third-order valence-corrected chi connectivity index (χ3v) is 5.85. The van der Waals surface area contributed by atoms with Crippen molar-refractivity contribution in [1.29, 1.82) is 0 Å². The number of H-pyrrole nitrogens is 1. The molecule has 1 saturated carbocycles. The summed E-state index contributed by atoms with van der Waals surface area (Å²) in [6, 6.07) is 0. The molecule has 5 rings (SSSR count). The average molecular weight is 348 g/mol. The quantitative estimate of drug-likeness (QED) is 0.702. The van der Waals surface area contributed by atoms with Crippen LogP contribution in [0.4, 0.5) is 5.95 Å². The molecule has 0 atom stereocenters. The Kier molecular flexibility index (Phi) is 4.03. The predicted octanol–water partition coefficient (Wildman–Crippen LogP) is 3.90. The van der Waals surface area contributed by atoms with Crippen molar-refractivity contribution in [1.82, 2.24) is 25.1 Å². The Hall–Kier alpha value is -2.50. The lowest BCUT2D eigenvalue weighted by Gasteiger charge is -2.20. The van der Waals surface area contributed by atoms with Crippen molar-refractivity contribution in [3.8, 4) is 11.1 Å². The minimum Gasteiger partial charge on any atom is -0.354 e. The summed E-state index contributed by atoms with van der Waals surface area (Å²) in [5.74, 6) is 1.53. The highest BCUT2D eigenvalue weighted by molar-refractivity contribution is 5.95. The zero-order valence-corrected chi connectivity index (χ0v) is 15.0. The fourth-order valence-electron chi connectivity index (χ4n) is 4.41. The molecule has 2 aliphatic rings. The molecule has 0 aliphatic heterocycles. The van der Waals surface area contributed by atoms with Crippen LogP contribution in [0.3, 0.4) is 0 Å². The van der Waals surface area contributed by atoms with Gasteiger partial charge in [-0.05, 0) is 37.2 Å². The molecule has 134 valence electrons. The van der Waals surface area contributed by atoms with E-state index in [2.05, 4.69) is 25.5 Å². The molecule has 6 heteroatoms. The normalized spacial score (nSPS) is 17.5. The van der Waals surface area contributed by atoms with E-state index >= 15 is 0 Å². The van der Waals surface area contributed by atoms with Crippen LogP contribution in [0.5, 0.6) is 0 Å². The summed E-state index contributed by atoms with van der Waals surface area (Å²) in [6.45, 7) is 0.991. The number of hydrogen-bond acceptors (Lipinski definition) is 5. The molecule has 0 radical (unpaired) electrons. The molecule has 6 nitrogen and oxygen atoms in total. The Balaban J connectivity index is 1.40. The molecule has 0 aromatic carbocycles. The number of anilines is 1. The first-order chi connectivity index (χ1) is 12.9. The molecule has 3 heterocycles. The maximum absolute atomic E-state index is 4.84. The molecular weight excluding hydrogens is 324 g/mol. The van der Waals surface area contributed by atoms with E-state index in [1.54, 1.807) is 0 Å². The minimum absolute atomic E-state index is 0.759. The molecule has 26 heavy (non-hydrogen) atoms. The van der Waals surface area contributed by atoms with E-state index in [9.17, 15) is 0 Å². The van der Waals surface area contributed by atoms with Crippen LogP contribution in [0.2, 0.25) is 0 Å². The van der Waals surface area contributed by atoms with Crippen molar-refractivity contribution in [3.63, 3.8) is 0 Å². The number of nitrogens with zero attached hydrogens (tertiary/aromatic N) is 4. The van der Waals surface area contributed by atoms with Crippen molar-refractivity contribution in [2.45, 2.75) is 51.4 Å². The van der Waals surface area contributed by atoms with Crippen LogP contribution < -0.4 is 5.32 Å². The van der Waals surface area contributed by atoms with Crippen molar-refractivity contribution >= 4 is 17.0 Å². The average Bonchev–Trinajstić information content (AvgIpc) is 3.01.